The Morgan fingerprint density at radius 1 is 0.449 bits per heavy atom. The number of aliphatic hydroxyl groups is 2. The zero-order chi connectivity index (χ0) is 101. The van der Waals surface area contributed by atoms with E-state index in [1.165, 1.54) is 52.2 Å². The van der Waals surface area contributed by atoms with Crippen molar-refractivity contribution < 1.29 is 75.4 Å². The Hall–Kier alpha value is -14.2. The van der Waals surface area contributed by atoms with Crippen LogP contribution in [0.1, 0.15) is 116 Å². The van der Waals surface area contributed by atoms with Crippen LogP contribution in [0.15, 0.2) is 250 Å². The van der Waals surface area contributed by atoms with Crippen LogP contribution >= 0.6 is 34.8 Å². The third-order valence-electron chi connectivity index (χ3n) is 21.3. The molecule has 4 aromatic heterocycles. The second-order valence-corrected chi connectivity index (χ2v) is 36.8. The molecule has 14 aromatic rings. The molecule has 1 aliphatic rings. The van der Waals surface area contributed by atoms with Crippen LogP contribution in [0.2, 0.25) is 15.1 Å². The number of sulfonamides is 1. The number of aromatic hydroxyl groups is 5. The number of halogens is 3. The molecule has 1 fully saturated rings. The quantitative estimate of drug-likeness (QED) is 0.0207. The molecule has 15 rings (SSSR count). The Morgan fingerprint density at radius 3 is 1.17 bits per heavy atom. The van der Waals surface area contributed by atoms with Gasteiger partial charge in [-0.25, -0.2) is 28.4 Å². The first-order chi connectivity index (χ1) is 65.5. The summed E-state index contributed by atoms with van der Waals surface area (Å²) in [5, 5.41) is 69.3. The second-order valence-electron chi connectivity index (χ2n) is 33.0. The Morgan fingerprint density at radius 2 is 0.797 bits per heavy atom. The number of anilines is 3. The van der Waals surface area contributed by atoms with Gasteiger partial charge in [0.1, 0.15) is 38.8 Å². The number of primary amides is 3. The third kappa shape index (κ3) is 34.0. The van der Waals surface area contributed by atoms with Gasteiger partial charge in [-0.2, -0.15) is 26.4 Å². The number of piperazine rings is 1. The lowest BCUT2D eigenvalue weighted by atomic mass is 10.0. The molecule has 5 heterocycles. The van der Waals surface area contributed by atoms with Crippen LogP contribution in [-0.2, 0) is 110 Å². The highest BCUT2D eigenvalue weighted by Gasteiger charge is 2.30. The van der Waals surface area contributed by atoms with Crippen LogP contribution in [-0.4, -0.2) is 161 Å². The molecule has 3 atom stereocenters. The van der Waals surface area contributed by atoms with Crippen molar-refractivity contribution >= 4 is 101 Å². The van der Waals surface area contributed by atoms with Crippen LogP contribution < -0.4 is 31.7 Å². The van der Waals surface area contributed by atoms with E-state index in [-0.39, 0.29) is 69.5 Å². The lowest BCUT2D eigenvalue weighted by Crippen LogP contribution is -2.53. The van der Waals surface area contributed by atoms with Gasteiger partial charge in [-0.3, -0.25) is 19.1 Å². The van der Waals surface area contributed by atoms with Crippen molar-refractivity contribution in [2.24, 2.45) is 17.2 Å². The molecular weight excluding hydrogens is 1880 g/mol. The number of hydrogen-bond donors (Lipinski definition) is 13. The summed E-state index contributed by atoms with van der Waals surface area (Å²) in [6, 6.07) is 71.7. The highest BCUT2D eigenvalue weighted by molar-refractivity contribution is 7.92. The van der Waals surface area contributed by atoms with E-state index in [4.69, 9.17) is 78.4 Å². The smallest absolute Gasteiger partial charge is 0.308 e. The van der Waals surface area contributed by atoms with Gasteiger partial charge in [0.2, 0.25) is 27.7 Å². The van der Waals surface area contributed by atoms with Gasteiger partial charge in [0.25, 0.3) is 0 Å². The van der Waals surface area contributed by atoms with E-state index in [0.717, 1.165) is 105 Å². The van der Waals surface area contributed by atoms with Crippen molar-refractivity contribution in [3.63, 3.8) is 0 Å². The van der Waals surface area contributed by atoms with Crippen LogP contribution in [0.5, 0.6) is 28.7 Å². The first-order valence-corrected chi connectivity index (χ1v) is 48.5. The molecule has 1 saturated heterocycles. The number of benzene rings is 10. The highest BCUT2D eigenvalue weighted by atomic mass is 35.5. The topological polar surface area (TPSA) is 511 Å². The highest BCUT2D eigenvalue weighted by Crippen LogP contribution is 2.39. The lowest BCUT2D eigenvalue weighted by molar-refractivity contribution is -0.118. The van der Waals surface area contributed by atoms with Crippen LogP contribution in [0.25, 0.3) is 22.5 Å². The molecule has 38 heteroatoms. The summed E-state index contributed by atoms with van der Waals surface area (Å²) in [4.78, 5) is 57.0. The summed E-state index contributed by atoms with van der Waals surface area (Å²) < 4.78 is 79.1. The predicted octanol–water partition coefficient (Wildman–Crippen LogP) is 15.1. The number of nitrogens with two attached hydrogens (primary N) is 3. The Bertz CT molecular complexity index is 6720. The molecule has 0 saturated carbocycles. The number of phenols is 5. The molecule has 138 heavy (non-hydrogen) atoms. The van der Waals surface area contributed by atoms with Gasteiger partial charge >= 0.3 is 21.0 Å². The molecule has 3 unspecified atom stereocenters. The monoisotopic (exact) mass is 1990 g/mol. The number of nitrogens with zero attached hydrogens (tertiary/aromatic N) is 10. The van der Waals surface area contributed by atoms with Gasteiger partial charge in [0.15, 0.2) is 0 Å². The maximum Gasteiger partial charge on any atom is 0.308 e. The zero-order valence-electron chi connectivity index (χ0n) is 76.9. The summed E-state index contributed by atoms with van der Waals surface area (Å²) in [5.41, 5.74) is 37.6. The Balaban J connectivity index is 0.000000189. The minimum Gasteiger partial charge on any atom is -0.506 e. The van der Waals surface area contributed by atoms with Crippen molar-refractivity contribution in [3.8, 4) is 51.3 Å². The third-order valence-corrected chi connectivity index (χ3v) is 23.2. The number of aryl methyl sites for hydroxylation is 4. The van der Waals surface area contributed by atoms with Crippen molar-refractivity contribution in [3.05, 3.63) is 355 Å². The van der Waals surface area contributed by atoms with Crippen molar-refractivity contribution in [1.82, 2.24) is 38.2 Å². The maximum atomic E-state index is 11.6. The van der Waals surface area contributed by atoms with Crippen LogP contribution in [0.3, 0.4) is 0 Å². The number of carbonyl (C=O) groups excluding carboxylic acids is 3. The van der Waals surface area contributed by atoms with Crippen molar-refractivity contribution in [1.29, 1.82) is 9.56 Å². The van der Waals surface area contributed by atoms with E-state index in [9.17, 15) is 58.5 Å². The van der Waals surface area contributed by atoms with Gasteiger partial charge in [0, 0.05) is 130 Å². The second kappa shape index (κ2) is 51.7. The molecule has 0 aliphatic carbocycles. The molecule has 0 spiro atoms. The average molecular weight is 2000 g/mol. The summed E-state index contributed by atoms with van der Waals surface area (Å²) in [6.07, 6.45) is 10.5. The summed E-state index contributed by atoms with van der Waals surface area (Å²) in [5.74, 6) is -1.75. The van der Waals surface area contributed by atoms with Crippen molar-refractivity contribution in [2.45, 2.75) is 137 Å². The van der Waals surface area contributed by atoms with E-state index in [1.807, 2.05) is 179 Å². The zero-order valence-corrected chi connectivity index (χ0v) is 81.6. The molecule has 1 aliphatic heterocycles. The minimum absolute atomic E-state index is 0.0493. The van der Waals surface area contributed by atoms with Crippen LogP contribution in [0, 0.1) is 37.3 Å². The Kier molecular flexibility index (Phi) is 40.3. The maximum absolute atomic E-state index is 11.6. The molecule has 32 nitrogen and oxygen atoms in total. The van der Waals surface area contributed by atoms with E-state index in [2.05, 4.69) is 90.8 Å². The number of aromatic nitrogens is 8. The largest absolute Gasteiger partial charge is 0.506 e. The number of hydrogen-bond acceptors (Lipinski definition) is 24. The van der Waals surface area contributed by atoms with Gasteiger partial charge in [0.05, 0.1) is 95.8 Å². The summed E-state index contributed by atoms with van der Waals surface area (Å²) in [6.45, 7) is 15.8. The fourth-order valence-electron chi connectivity index (χ4n) is 15.7. The number of rotatable bonds is 29. The Labute approximate surface area is 819 Å². The standard InChI is InChI=1S/C21H25N3O3S.C21H23N3O.C20H24ClN3O2.C19H18ClN3O3.C19H19ClN2O3.2HNO2S/c1-15-9-17(12-19(10-15)23-28(3,26)27)13-24-14-22-21(20(24)11-16(2)25)18-7-5-4-6-8-18;1-15-8-16(2)10-18(9-15)13-24-14-23-19(20(24)12-21(22)25)11-17-6-4-3-5-7-17;1-14-11-17(12-18(25)20(14)21)24-10-9-23(15-5-3-2-4-6-15)13-16(24)7-8-19(22)26;20-19-16(24)7-13(8-17(19)25)10-23-11-22-14(15(23)9-18(21)26)6-12-4-2-1-3-5-12;1-12(23)7-15-19(14-5-3-2-4-6-14)21-11-22(15)10-13-8-16(24)18(20)17(25)9-13;2*1-4(2)3/h4-10,12,14,16,23,25H,11,13H2,1-3H3;3-10,14H,11-13H2,1-2H3,(H2,22,25);2-6,11-12,16,25H,7-10,13H2,1H3,(H2,22,26);1-5,7-8,11,24-25H,6,9-10H2,(H2,21,26);2-6,8-9,11-12,23-25H,7,10H2,1H3;2*1H. The molecule has 0 bridgehead atoms. The molecule has 3 amide bonds. The predicted molar refractivity (Wildman–Crippen MR) is 536 cm³/mol. The number of para-hydroxylation sites is 1. The molecule has 0 radical (unpaired) electrons. The van der Waals surface area contributed by atoms with Crippen LogP contribution in [0.4, 0.5) is 17.1 Å². The number of nitrogens with one attached hydrogen (secondary N) is 3. The number of aliphatic hydroxyl groups excluding tert-OH is 2. The fourth-order valence-corrected chi connectivity index (χ4v) is 16.6. The average Bonchev–Trinajstić information content (AvgIpc) is 1.12. The minimum atomic E-state index is -3.34. The van der Waals surface area contributed by atoms with Gasteiger partial charge in [-0.05, 0) is 147 Å². The normalized spacial score (nSPS) is 12.4. The number of amides is 3. The van der Waals surface area contributed by atoms with E-state index in [0.29, 0.717) is 92.2 Å². The molecule has 16 N–H and O–H groups in total. The summed E-state index contributed by atoms with van der Waals surface area (Å²) in [7, 11) is -8.56. The number of phenolic OH excluding ortho intramolecular Hbond substituents is 5. The number of carbonyl (C=O) groups is 3. The van der Waals surface area contributed by atoms with Gasteiger partial charge < -0.3 is 81.0 Å². The van der Waals surface area contributed by atoms with Crippen molar-refractivity contribution in [2.75, 3.05) is 40.4 Å². The molecule has 726 valence electrons. The van der Waals surface area contributed by atoms with E-state index in [1.54, 1.807) is 49.5 Å². The lowest BCUT2D eigenvalue weighted by Gasteiger charge is -2.44. The number of imidazole rings is 4. The van der Waals surface area contributed by atoms with E-state index >= 15 is 0 Å². The molecule has 10 aromatic carbocycles. The SMILES string of the molecule is CC(O)Cc1c(-c2ccccc2)ncn1Cc1cc(O)c(Cl)c(O)c1.Cc1cc(C)cc(Cn2cnc(Cc3ccccc3)c2CC(N)=O)c1.Cc1cc(Cn2cnc(-c3ccccc3)c2CC(C)O)cc(NS(C)(=O)=O)c1.Cc1cc(N2CCN(c3ccccc3)CC2CCC(N)=O)cc(O)c1Cl.N=S(=O)=O.N=S(=O)=O.NC(=O)Cc1c(Cc2ccccc2)ncn1Cc1cc(O)c(Cl)c(O)c1. The first kappa shape index (κ1) is 107. The fraction of sp³-hybridized carbons (Fsp3) is 0.250. The first-order valence-electron chi connectivity index (χ1n) is 43.3. The van der Waals surface area contributed by atoms with E-state index < -0.39 is 49.1 Å². The summed E-state index contributed by atoms with van der Waals surface area (Å²) >= 11 is 17.6. The van der Waals surface area contributed by atoms with Gasteiger partial charge in [-0.15, -0.1) is 0 Å². The molecular formula is C100H111Cl3N16O16S3. The van der Waals surface area contributed by atoms with Gasteiger partial charge in [-0.1, -0.05) is 210 Å².